The highest BCUT2D eigenvalue weighted by molar-refractivity contribution is 7.99. The van der Waals surface area contributed by atoms with Crippen molar-refractivity contribution < 1.29 is 0 Å². The third kappa shape index (κ3) is 1.86. The number of aryl methyl sites for hydroxylation is 1. The van der Waals surface area contributed by atoms with Crippen molar-refractivity contribution in [2.75, 3.05) is 5.75 Å². The van der Waals surface area contributed by atoms with Crippen molar-refractivity contribution in [2.45, 2.75) is 31.4 Å². The monoisotopic (exact) mass is 216 g/mol. The largest absolute Gasteiger partial charge is 0.332 e. The summed E-state index contributed by atoms with van der Waals surface area (Å²) in [6.45, 7) is 2.13. The van der Waals surface area contributed by atoms with E-state index in [1.807, 2.05) is 11.8 Å². The van der Waals surface area contributed by atoms with Crippen LogP contribution in [0.2, 0.25) is 5.28 Å². The Labute approximate surface area is 87.5 Å². The number of nitrogens with one attached hydrogen (secondary N) is 1. The van der Waals surface area contributed by atoms with Crippen LogP contribution in [-0.4, -0.2) is 15.7 Å². The van der Waals surface area contributed by atoms with E-state index in [1.54, 1.807) is 0 Å². The van der Waals surface area contributed by atoms with Crippen LogP contribution in [0.25, 0.3) is 0 Å². The van der Waals surface area contributed by atoms with Gasteiger partial charge in [-0.05, 0) is 36.6 Å². The quantitative estimate of drug-likeness (QED) is 0.823. The average Bonchev–Trinajstić information content (AvgIpc) is 2.71. The number of halogens is 1. The molecular weight excluding hydrogens is 204 g/mol. The van der Waals surface area contributed by atoms with Crippen LogP contribution in [0.1, 0.15) is 36.4 Å². The lowest BCUT2D eigenvalue weighted by molar-refractivity contribution is 0.800. The number of aromatic amines is 1. The zero-order valence-corrected chi connectivity index (χ0v) is 9.21. The smallest absolute Gasteiger partial charge is 0.200 e. The molecule has 72 valence electrons. The minimum Gasteiger partial charge on any atom is -0.332 e. The third-order valence-corrected chi connectivity index (χ3v) is 3.93. The first-order valence-corrected chi connectivity index (χ1v) is 6.09. The predicted octanol–water partition coefficient (Wildman–Crippen LogP) is 3.19. The minimum atomic E-state index is 0.541. The second-order valence-electron chi connectivity index (χ2n) is 3.25. The highest BCUT2D eigenvalue weighted by Crippen LogP contribution is 2.40. The van der Waals surface area contributed by atoms with Gasteiger partial charge in [-0.25, -0.2) is 4.98 Å². The van der Waals surface area contributed by atoms with E-state index in [0.717, 1.165) is 6.42 Å². The fourth-order valence-electron chi connectivity index (χ4n) is 1.72. The topological polar surface area (TPSA) is 28.7 Å². The van der Waals surface area contributed by atoms with Gasteiger partial charge in [0.05, 0.1) is 5.69 Å². The Morgan fingerprint density at radius 1 is 1.69 bits per heavy atom. The van der Waals surface area contributed by atoms with Gasteiger partial charge < -0.3 is 4.98 Å². The summed E-state index contributed by atoms with van der Waals surface area (Å²) in [6, 6.07) is 0. The van der Waals surface area contributed by atoms with Gasteiger partial charge in [0.25, 0.3) is 0 Å². The molecule has 0 aromatic carbocycles. The fourth-order valence-corrected chi connectivity index (χ4v) is 3.23. The molecule has 0 radical (unpaired) electrons. The molecular formula is C9H13ClN2S. The molecule has 1 N–H and O–H groups in total. The average molecular weight is 217 g/mol. The van der Waals surface area contributed by atoms with Crippen LogP contribution in [0.3, 0.4) is 0 Å². The number of imidazole rings is 1. The van der Waals surface area contributed by atoms with Gasteiger partial charge in [-0.1, -0.05) is 6.92 Å². The lowest BCUT2D eigenvalue weighted by atomic mass is 10.1. The first-order chi connectivity index (χ1) is 6.31. The standard InChI is InChI=1S/C9H13ClN2S/c1-2-6-8(12-9(10)11-6)7-4-3-5-13-7/h7H,2-5H2,1H3,(H,11,12). The van der Waals surface area contributed by atoms with Crippen LogP contribution in [0.15, 0.2) is 0 Å². The Kier molecular flexibility index (Phi) is 2.84. The van der Waals surface area contributed by atoms with E-state index in [4.69, 9.17) is 11.6 Å². The van der Waals surface area contributed by atoms with Crippen LogP contribution in [-0.2, 0) is 6.42 Å². The van der Waals surface area contributed by atoms with Crippen LogP contribution < -0.4 is 0 Å². The molecule has 13 heavy (non-hydrogen) atoms. The van der Waals surface area contributed by atoms with Gasteiger partial charge in [0.1, 0.15) is 0 Å². The van der Waals surface area contributed by atoms with Gasteiger partial charge in [-0.2, -0.15) is 11.8 Å². The van der Waals surface area contributed by atoms with E-state index in [-0.39, 0.29) is 0 Å². The minimum absolute atomic E-state index is 0.541. The summed E-state index contributed by atoms with van der Waals surface area (Å²) < 4.78 is 0. The van der Waals surface area contributed by atoms with Gasteiger partial charge >= 0.3 is 0 Å². The normalized spacial score (nSPS) is 22.5. The number of aromatic nitrogens is 2. The number of nitrogens with zero attached hydrogens (tertiary/aromatic N) is 1. The van der Waals surface area contributed by atoms with E-state index in [2.05, 4.69) is 16.9 Å². The lowest BCUT2D eigenvalue weighted by Crippen LogP contribution is -1.94. The molecule has 1 atom stereocenters. The van der Waals surface area contributed by atoms with E-state index < -0.39 is 0 Å². The number of rotatable bonds is 2. The second-order valence-corrected chi connectivity index (χ2v) is 4.92. The Hall–Kier alpha value is -0.150. The van der Waals surface area contributed by atoms with E-state index in [9.17, 15) is 0 Å². The van der Waals surface area contributed by atoms with Gasteiger partial charge in [0.15, 0.2) is 0 Å². The van der Waals surface area contributed by atoms with Crippen molar-refractivity contribution in [1.29, 1.82) is 0 Å². The molecule has 1 aromatic rings. The first-order valence-electron chi connectivity index (χ1n) is 4.67. The maximum atomic E-state index is 5.85. The molecule has 2 rings (SSSR count). The molecule has 1 unspecified atom stereocenters. The highest BCUT2D eigenvalue weighted by Gasteiger charge is 2.23. The molecule has 0 amide bonds. The zero-order valence-electron chi connectivity index (χ0n) is 7.64. The molecule has 1 aromatic heterocycles. The van der Waals surface area contributed by atoms with Crippen molar-refractivity contribution in [2.24, 2.45) is 0 Å². The van der Waals surface area contributed by atoms with Crippen LogP contribution in [0.4, 0.5) is 0 Å². The van der Waals surface area contributed by atoms with Crippen molar-refractivity contribution in [3.05, 3.63) is 16.7 Å². The maximum Gasteiger partial charge on any atom is 0.200 e. The summed E-state index contributed by atoms with van der Waals surface area (Å²) in [5.74, 6) is 1.26. The second kappa shape index (κ2) is 3.93. The number of hydrogen-bond donors (Lipinski definition) is 1. The van der Waals surface area contributed by atoms with E-state index >= 15 is 0 Å². The Morgan fingerprint density at radius 3 is 3.15 bits per heavy atom. The molecule has 0 saturated carbocycles. The lowest BCUT2D eigenvalue weighted by Gasteiger charge is -2.06. The van der Waals surface area contributed by atoms with Gasteiger partial charge in [0.2, 0.25) is 5.28 Å². The van der Waals surface area contributed by atoms with Gasteiger partial charge in [0, 0.05) is 10.9 Å². The maximum absolute atomic E-state index is 5.85. The third-order valence-electron chi connectivity index (χ3n) is 2.37. The van der Waals surface area contributed by atoms with Crippen molar-refractivity contribution in [1.82, 2.24) is 9.97 Å². The molecule has 0 spiro atoms. The molecule has 0 aliphatic carbocycles. The number of H-pyrrole nitrogens is 1. The van der Waals surface area contributed by atoms with E-state index in [0.29, 0.717) is 10.5 Å². The van der Waals surface area contributed by atoms with Crippen LogP contribution in [0, 0.1) is 0 Å². The molecule has 1 saturated heterocycles. The molecule has 4 heteroatoms. The SMILES string of the molecule is CCc1[nH]c(Cl)nc1C1CCCS1. The zero-order chi connectivity index (χ0) is 9.26. The van der Waals surface area contributed by atoms with Crippen molar-refractivity contribution >= 4 is 23.4 Å². The summed E-state index contributed by atoms with van der Waals surface area (Å²) in [5.41, 5.74) is 2.40. The Bertz CT molecular complexity index is 292. The molecule has 1 fully saturated rings. The fraction of sp³-hybridized carbons (Fsp3) is 0.667. The molecule has 1 aliphatic heterocycles. The van der Waals surface area contributed by atoms with Crippen LogP contribution >= 0.6 is 23.4 Å². The predicted molar refractivity (Wildman–Crippen MR) is 57.4 cm³/mol. The van der Waals surface area contributed by atoms with Gasteiger partial charge in [-0.15, -0.1) is 0 Å². The molecule has 0 bridgehead atoms. The Morgan fingerprint density at radius 2 is 2.54 bits per heavy atom. The summed E-state index contributed by atoms with van der Waals surface area (Å²) in [6.07, 6.45) is 3.55. The van der Waals surface area contributed by atoms with Crippen molar-refractivity contribution in [3.8, 4) is 0 Å². The highest BCUT2D eigenvalue weighted by atomic mass is 35.5. The summed E-state index contributed by atoms with van der Waals surface area (Å²) in [4.78, 5) is 7.46. The summed E-state index contributed by atoms with van der Waals surface area (Å²) in [7, 11) is 0. The molecule has 1 aliphatic rings. The van der Waals surface area contributed by atoms with Gasteiger partial charge in [-0.3, -0.25) is 0 Å². The van der Waals surface area contributed by atoms with Crippen molar-refractivity contribution in [3.63, 3.8) is 0 Å². The molecule has 2 heterocycles. The van der Waals surface area contributed by atoms with Crippen LogP contribution in [0.5, 0.6) is 0 Å². The van der Waals surface area contributed by atoms with E-state index in [1.165, 1.54) is 30.0 Å². The number of thioether (sulfide) groups is 1. The first kappa shape index (κ1) is 9.41. The number of hydrogen-bond acceptors (Lipinski definition) is 2. The Balaban J connectivity index is 2.26. The summed E-state index contributed by atoms with van der Waals surface area (Å²) in [5, 5.41) is 1.12. The molecule has 2 nitrogen and oxygen atoms in total. The summed E-state index contributed by atoms with van der Waals surface area (Å²) >= 11 is 7.84.